The van der Waals surface area contributed by atoms with Gasteiger partial charge in [-0.2, -0.15) is 4.57 Å². The van der Waals surface area contributed by atoms with Gasteiger partial charge in [0, 0.05) is 30.2 Å². The zero-order valence-electron chi connectivity index (χ0n) is 32.6. The van der Waals surface area contributed by atoms with Gasteiger partial charge in [-0.15, -0.1) is 0 Å². The molecule has 5 heterocycles. The molecule has 60 heavy (non-hydrogen) atoms. The van der Waals surface area contributed by atoms with Crippen molar-refractivity contribution in [2.45, 2.75) is 37.4 Å². The Kier molecular flexibility index (Phi) is 9.77. The van der Waals surface area contributed by atoms with E-state index < -0.39 is 35.9 Å². The standard InChI is InChI=1S/C25H22O10.C20H18NO4/c1-32-17-6-11(2-4-14(17)28)24-20(10-26)33-16-5-3-12(7-18(16)34-24)25-23(31)22(30)21-15(29)8-13(27)9-19(21)35-25;1-22-17-4-3-12-7-16-14-9-19-18(24-11-25-19)8-13(14)5-6-21(16)10-15(12)20(17)23-2/h2-9,20,23-29,31H,10H2,1H3;3-4,7-10H,5-6,11H2,1-2H3/q;+1/t20-,23+,24-,25-;/m1./s1. The lowest BCUT2D eigenvalue weighted by atomic mass is 9.92. The van der Waals surface area contributed by atoms with Gasteiger partial charge in [-0.25, -0.2) is 0 Å². The van der Waals surface area contributed by atoms with Crippen molar-refractivity contribution in [3.8, 4) is 74.5 Å². The van der Waals surface area contributed by atoms with Gasteiger partial charge in [-0.3, -0.25) is 4.79 Å². The second-order valence-corrected chi connectivity index (χ2v) is 14.5. The minimum Gasteiger partial charge on any atom is -0.508 e. The molecule has 5 N–H and O–H groups in total. The summed E-state index contributed by atoms with van der Waals surface area (Å²) in [6.45, 7) is 0.864. The Morgan fingerprint density at radius 2 is 1.47 bits per heavy atom. The molecule has 6 aromatic rings. The van der Waals surface area contributed by atoms with Crippen LogP contribution in [0.4, 0.5) is 0 Å². The Bertz CT molecular complexity index is 2680. The number of aliphatic hydroxyl groups is 2. The van der Waals surface area contributed by atoms with Crippen LogP contribution in [-0.2, 0) is 13.0 Å². The summed E-state index contributed by atoms with van der Waals surface area (Å²) in [6, 6.07) is 21.9. The fraction of sp³-hybridized carbons (Fsp3) is 0.244. The van der Waals surface area contributed by atoms with Crippen LogP contribution in [0.25, 0.3) is 22.0 Å². The smallest absolute Gasteiger partial charge is 0.231 e. The number of fused-ring (bicyclic) bond motifs is 7. The van der Waals surface area contributed by atoms with Crippen LogP contribution >= 0.6 is 0 Å². The summed E-state index contributed by atoms with van der Waals surface area (Å²) < 4.78 is 47.4. The largest absolute Gasteiger partial charge is 0.508 e. The number of nitrogens with zero attached hydrogens (tertiary/aromatic N) is 1. The van der Waals surface area contributed by atoms with Gasteiger partial charge in [0.1, 0.15) is 22.8 Å². The van der Waals surface area contributed by atoms with Gasteiger partial charge < -0.3 is 63.4 Å². The van der Waals surface area contributed by atoms with E-state index in [4.69, 9.17) is 37.9 Å². The van der Waals surface area contributed by atoms with Crippen molar-refractivity contribution in [1.29, 1.82) is 0 Å². The van der Waals surface area contributed by atoms with Crippen LogP contribution in [0, 0.1) is 0 Å². The van der Waals surface area contributed by atoms with Crippen molar-refractivity contribution in [2.75, 3.05) is 34.7 Å². The number of carbonyl (C=O) groups is 1. The van der Waals surface area contributed by atoms with Gasteiger partial charge in [-0.1, -0.05) is 12.1 Å². The number of hydrogen-bond donors (Lipinski definition) is 5. The molecule has 15 heteroatoms. The molecule has 4 aliphatic rings. The summed E-state index contributed by atoms with van der Waals surface area (Å²) in [6.07, 6.45) is -1.17. The number of phenolic OH excluding ortho intramolecular Hbond substituents is 3. The number of hydrogen-bond acceptors (Lipinski definition) is 14. The maximum absolute atomic E-state index is 12.7. The number of aryl methyl sites for hydroxylation is 2. The molecule has 0 aliphatic carbocycles. The van der Waals surface area contributed by atoms with Crippen molar-refractivity contribution in [2.24, 2.45) is 0 Å². The van der Waals surface area contributed by atoms with Gasteiger partial charge in [0.25, 0.3) is 0 Å². The maximum atomic E-state index is 12.7. The molecular formula is C45H40NO14+. The fourth-order valence-corrected chi connectivity index (χ4v) is 8.05. The van der Waals surface area contributed by atoms with Crippen LogP contribution < -0.4 is 42.5 Å². The van der Waals surface area contributed by atoms with E-state index in [0.717, 1.165) is 52.8 Å². The first kappa shape index (κ1) is 38.4. The highest BCUT2D eigenvalue weighted by molar-refractivity contribution is 6.05. The topological polar surface area (TPSA) is 196 Å². The molecule has 308 valence electrons. The molecule has 0 saturated heterocycles. The number of Topliss-reactive ketones (excluding diaryl/α,β-unsaturated/α-hetero) is 1. The number of ether oxygens (including phenoxy) is 8. The molecule has 0 amide bonds. The van der Waals surface area contributed by atoms with Gasteiger partial charge in [0.05, 0.1) is 38.9 Å². The number of benzene rings is 5. The van der Waals surface area contributed by atoms with Crippen LogP contribution in [-0.4, -0.2) is 78.3 Å². The zero-order chi connectivity index (χ0) is 41.8. The second kappa shape index (κ2) is 15.3. The molecule has 5 aromatic carbocycles. The third-order valence-corrected chi connectivity index (χ3v) is 11.0. The first-order chi connectivity index (χ1) is 29.1. The number of methoxy groups -OCH3 is 3. The number of pyridine rings is 1. The summed E-state index contributed by atoms with van der Waals surface area (Å²) in [5.74, 6) is 2.36. The monoisotopic (exact) mass is 818 g/mol. The minimum atomic E-state index is -1.62. The highest BCUT2D eigenvalue weighted by Gasteiger charge is 2.41. The molecule has 4 atom stereocenters. The van der Waals surface area contributed by atoms with E-state index in [1.54, 1.807) is 44.6 Å². The van der Waals surface area contributed by atoms with Gasteiger partial charge in [0.15, 0.2) is 83.2 Å². The lowest BCUT2D eigenvalue weighted by molar-refractivity contribution is -0.686. The molecule has 0 spiro atoms. The third kappa shape index (κ3) is 6.57. The first-order valence-corrected chi connectivity index (χ1v) is 19.0. The van der Waals surface area contributed by atoms with Crippen LogP contribution in [0.1, 0.15) is 39.3 Å². The first-order valence-electron chi connectivity index (χ1n) is 19.0. The molecule has 1 aromatic heterocycles. The number of rotatable bonds is 6. The minimum absolute atomic E-state index is 0.0540. The van der Waals surface area contributed by atoms with Crippen molar-refractivity contribution < 1.29 is 72.8 Å². The number of aromatic nitrogens is 1. The average molecular weight is 819 g/mol. The number of carbonyl (C=O) groups excluding carboxylic acids is 1. The zero-order valence-corrected chi connectivity index (χ0v) is 32.6. The summed E-state index contributed by atoms with van der Waals surface area (Å²) >= 11 is 0. The van der Waals surface area contributed by atoms with Crippen molar-refractivity contribution >= 4 is 16.6 Å². The Morgan fingerprint density at radius 3 is 2.23 bits per heavy atom. The van der Waals surface area contributed by atoms with Gasteiger partial charge >= 0.3 is 0 Å². The van der Waals surface area contributed by atoms with E-state index in [0.29, 0.717) is 23.7 Å². The predicted octanol–water partition coefficient (Wildman–Crippen LogP) is 5.46. The van der Waals surface area contributed by atoms with E-state index in [-0.39, 0.29) is 40.9 Å². The quantitative estimate of drug-likeness (QED) is 0.133. The highest BCUT2D eigenvalue weighted by Crippen LogP contribution is 2.46. The van der Waals surface area contributed by atoms with Crippen LogP contribution in [0.2, 0.25) is 0 Å². The summed E-state index contributed by atoms with van der Waals surface area (Å²) in [5.41, 5.74) is 4.43. The normalized spacial score (nSPS) is 19.2. The molecule has 0 bridgehead atoms. The van der Waals surface area contributed by atoms with E-state index in [9.17, 15) is 30.3 Å². The molecule has 0 unspecified atom stereocenters. The molecule has 0 fully saturated rings. The fourth-order valence-electron chi connectivity index (χ4n) is 8.05. The number of aromatic hydroxyl groups is 3. The number of phenols is 3. The van der Waals surface area contributed by atoms with E-state index in [1.165, 1.54) is 36.1 Å². The Morgan fingerprint density at radius 1 is 0.717 bits per heavy atom. The molecule has 10 rings (SSSR count). The molecule has 4 aliphatic heterocycles. The molecule has 15 nitrogen and oxygen atoms in total. The SMILES string of the molecule is COc1cc([C@H]2Oc3cc([C@H]4Oc5cc(O)cc(O)c5C(=O)[C@@H]4O)ccc3O[C@@H]2CO)ccc1O.COc1ccc2cc3[n+](cc2c1OC)CCc1cc2c(cc1-3)OCO2. The van der Waals surface area contributed by atoms with Crippen molar-refractivity contribution in [3.63, 3.8) is 0 Å². The number of aliphatic hydroxyl groups excluding tert-OH is 2. The molecule has 0 saturated carbocycles. The second-order valence-electron chi connectivity index (χ2n) is 14.5. The lowest BCUT2D eigenvalue weighted by Gasteiger charge is -2.35. The maximum Gasteiger partial charge on any atom is 0.231 e. The summed E-state index contributed by atoms with van der Waals surface area (Å²) in [5, 5.41) is 52.4. The van der Waals surface area contributed by atoms with Crippen molar-refractivity contribution in [3.05, 3.63) is 107 Å². The number of ketones is 1. The highest BCUT2D eigenvalue weighted by atomic mass is 16.7. The summed E-state index contributed by atoms with van der Waals surface area (Å²) in [7, 11) is 4.75. The predicted molar refractivity (Wildman–Crippen MR) is 212 cm³/mol. The van der Waals surface area contributed by atoms with Gasteiger partial charge in [-0.05, 0) is 65.0 Å². The summed E-state index contributed by atoms with van der Waals surface area (Å²) in [4.78, 5) is 12.7. The Balaban J connectivity index is 0.000000162. The van der Waals surface area contributed by atoms with E-state index in [2.05, 4.69) is 35.0 Å². The third-order valence-electron chi connectivity index (χ3n) is 11.0. The Hall–Kier alpha value is -7.10. The lowest BCUT2D eigenvalue weighted by Crippen LogP contribution is -2.40. The Labute approximate surface area is 342 Å². The van der Waals surface area contributed by atoms with Gasteiger partial charge in [0.2, 0.25) is 18.3 Å². The average Bonchev–Trinajstić information content (AvgIpc) is 3.73. The van der Waals surface area contributed by atoms with Crippen LogP contribution in [0.15, 0.2) is 85.1 Å². The van der Waals surface area contributed by atoms with E-state index >= 15 is 0 Å². The van der Waals surface area contributed by atoms with Crippen molar-refractivity contribution in [1.82, 2.24) is 0 Å². The van der Waals surface area contributed by atoms with Crippen LogP contribution in [0.5, 0.6) is 63.2 Å². The molecular weight excluding hydrogens is 778 g/mol. The molecule has 0 radical (unpaired) electrons. The van der Waals surface area contributed by atoms with Crippen LogP contribution in [0.3, 0.4) is 0 Å². The van der Waals surface area contributed by atoms with E-state index in [1.807, 2.05) is 6.07 Å².